The number of carbonyl (C=O) groups is 2. The molecule has 0 radical (unpaired) electrons. The summed E-state index contributed by atoms with van der Waals surface area (Å²) in [6, 6.07) is 14.6. The fraction of sp³-hybridized carbons (Fsp3) is 0.231. The van der Waals surface area contributed by atoms with E-state index in [1.807, 2.05) is 24.3 Å². The number of nitrogens with zero attached hydrogens (tertiary/aromatic N) is 2. The Kier molecular flexibility index (Phi) is 6.37. The lowest BCUT2D eigenvalue weighted by Gasteiger charge is -2.07. The number of hydrogen-bond acceptors (Lipinski definition) is 4. The molecule has 2 atom stereocenters. The molecule has 6 heteroatoms. The van der Waals surface area contributed by atoms with Crippen molar-refractivity contribution in [3.63, 3.8) is 0 Å². The van der Waals surface area contributed by atoms with Crippen LogP contribution in [0.15, 0.2) is 72.1 Å². The van der Waals surface area contributed by atoms with Crippen molar-refractivity contribution < 1.29 is 29.0 Å². The van der Waals surface area contributed by atoms with Gasteiger partial charge in [-0.3, -0.25) is 9.59 Å². The van der Waals surface area contributed by atoms with Gasteiger partial charge in [-0.1, -0.05) is 48.5 Å². The first kappa shape index (κ1) is 21.4. The number of aliphatic hydroxyl groups is 2. The average molecular weight is 426 g/mol. The molecule has 158 valence electrons. The highest BCUT2D eigenvalue weighted by molar-refractivity contribution is 5.98. The molecule has 32 heavy (non-hydrogen) atoms. The predicted octanol–water partition coefficient (Wildman–Crippen LogP) is 1.26. The van der Waals surface area contributed by atoms with E-state index in [-0.39, 0.29) is 24.7 Å². The second-order valence-corrected chi connectivity index (χ2v) is 7.74. The summed E-state index contributed by atoms with van der Waals surface area (Å²) < 4.78 is 3.23. The Hall–Kier alpha value is -3.84. The van der Waals surface area contributed by atoms with Crippen LogP contribution in [0.2, 0.25) is 0 Å². The number of rotatable bonds is 7. The molecule has 0 spiro atoms. The van der Waals surface area contributed by atoms with E-state index in [0.29, 0.717) is 24.2 Å². The van der Waals surface area contributed by atoms with Crippen LogP contribution in [0.3, 0.4) is 0 Å². The third-order valence-corrected chi connectivity index (χ3v) is 5.23. The summed E-state index contributed by atoms with van der Waals surface area (Å²) in [5.41, 5.74) is 8.45. The van der Waals surface area contributed by atoms with Gasteiger partial charge in [-0.05, 0) is 22.6 Å². The number of hydrogen-bond donors (Lipinski definition) is 2. The van der Waals surface area contributed by atoms with Gasteiger partial charge in [-0.25, -0.2) is 0 Å². The molecular weight excluding hydrogens is 404 g/mol. The number of ketones is 2. The lowest BCUT2D eigenvalue weighted by Crippen LogP contribution is -2.29. The van der Waals surface area contributed by atoms with Crippen molar-refractivity contribution in [3.05, 3.63) is 83.3 Å². The summed E-state index contributed by atoms with van der Waals surface area (Å²) in [4.78, 5) is 25.0. The molecule has 2 aliphatic rings. The van der Waals surface area contributed by atoms with Gasteiger partial charge in [0.2, 0.25) is 36.4 Å². The molecule has 2 heterocycles. The van der Waals surface area contributed by atoms with Crippen LogP contribution in [-0.4, -0.2) is 81.1 Å². The van der Waals surface area contributed by atoms with E-state index >= 15 is 0 Å². The van der Waals surface area contributed by atoms with Crippen molar-refractivity contribution in [1.29, 1.82) is 0 Å². The zero-order valence-corrected chi connectivity index (χ0v) is 17.4. The zero-order chi connectivity index (χ0) is 22.5. The highest BCUT2D eigenvalue weighted by Gasteiger charge is 2.20. The van der Waals surface area contributed by atoms with Gasteiger partial charge in [0.05, 0.1) is 0 Å². The molecular formula is C26H22N2O4+2. The van der Waals surface area contributed by atoms with Crippen molar-refractivity contribution in [1.82, 2.24) is 0 Å². The van der Waals surface area contributed by atoms with Crippen LogP contribution in [0.1, 0.15) is 20.7 Å². The largest absolute Gasteiger partial charge is 0.382 e. The minimum atomic E-state index is -0.640. The molecule has 4 rings (SSSR count). The van der Waals surface area contributed by atoms with E-state index in [0.717, 1.165) is 11.1 Å². The first-order valence-electron chi connectivity index (χ1n) is 10.3. The van der Waals surface area contributed by atoms with Crippen LogP contribution in [0, 0.1) is 0 Å². The maximum Gasteiger partial charge on any atom is 0.227 e. The second kappa shape index (κ2) is 9.53. The number of aliphatic hydroxyl groups excluding tert-OH is 2. The minimum absolute atomic E-state index is 0.0653. The van der Waals surface area contributed by atoms with Gasteiger partial charge in [0.15, 0.2) is 13.1 Å². The number of Topliss-reactive ketones (excluding diaryl/α,β-unsaturated/α-hetero) is 2. The van der Waals surface area contributed by atoms with E-state index in [4.69, 9.17) is 0 Å². The van der Waals surface area contributed by atoms with Crippen molar-refractivity contribution in [2.45, 2.75) is 12.2 Å². The molecule has 0 saturated carbocycles. The Balaban J connectivity index is 1.41. The quantitative estimate of drug-likeness (QED) is 0.397. The summed E-state index contributed by atoms with van der Waals surface area (Å²) in [6.07, 6.45) is 1.75. The summed E-state index contributed by atoms with van der Waals surface area (Å²) in [5.74, 6) is 5.52. The standard InChI is InChI=1S/C26H22N2O4/c29-23-3-1-13-27(15-23)17-25(31)21-9-5-19(6-10-21)20-7-11-22(12-8-20)26(32)18-28-14-2-4-24(30)16-28/h3-12,23-24,29-30H,15-18H2/q+2. The SMILES string of the molecule is O=C(C[N+]1=C=C=CC(O)C1)c1ccc(-c2ccc(C(=O)C[N+]3=C=C=CC(O)C3)cc2)cc1. The molecule has 2 unspecified atom stereocenters. The van der Waals surface area contributed by atoms with Gasteiger partial charge in [0.1, 0.15) is 12.2 Å². The molecule has 0 fully saturated rings. The molecule has 0 aromatic heterocycles. The predicted molar refractivity (Wildman–Crippen MR) is 119 cm³/mol. The number of benzene rings is 2. The normalized spacial score (nSPS) is 18.9. The van der Waals surface area contributed by atoms with E-state index in [1.165, 1.54) is 12.2 Å². The molecule has 0 amide bonds. The van der Waals surface area contributed by atoms with Crippen molar-refractivity contribution in [2.75, 3.05) is 26.2 Å². The van der Waals surface area contributed by atoms with Crippen LogP contribution >= 0.6 is 0 Å². The molecule has 2 N–H and O–H groups in total. The lowest BCUT2D eigenvalue weighted by atomic mass is 10.00. The maximum absolute atomic E-state index is 12.5. The third-order valence-electron chi connectivity index (χ3n) is 5.23. The Bertz CT molecular complexity index is 1160. The van der Waals surface area contributed by atoms with Crippen LogP contribution < -0.4 is 0 Å². The second-order valence-electron chi connectivity index (χ2n) is 7.74. The van der Waals surface area contributed by atoms with Crippen molar-refractivity contribution in [3.8, 4) is 11.1 Å². The Labute approximate surface area is 185 Å². The van der Waals surface area contributed by atoms with Crippen molar-refractivity contribution in [2.24, 2.45) is 0 Å². The fourth-order valence-electron chi connectivity index (χ4n) is 3.53. The summed E-state index contributed by atoms with van der Waals surface area (Å²) in [7, 11) is 0. The van der Waals surface area contributed by atoms with Gasteiger partial charge in [-0.15, -0.1) is 0 Å². The summed E-state index contributed by atoms with van der Waals surface area (Å²) in [5, 5.41) is 19.2. The first-order valence-corrected chi connectivity index (χ1v) is 10.3. The molecule has 2 aromatic rings. The van der Waals surface area contributed by atoms with Crippen molar-refractivity contribution >= 4 is 23.3 Å². The smallest absolute Gasteiger partial charge is 0.227 e. The van der Waals surface area contributed by atoms with Gasteiger partial charge in [0.25, 0.3) is 0 Å². The van der Waals surface area contributed by atoms with Gasteiger partial charge >= 0.3 is 0 Å². The molecule has 2 aliphatic heterocycles. The Morgan fingerprint density at radius 2 is 1.09 bits per heavy atom. The first-order chi connectivity index (χ1) is 15.5. The average Bonchev–Trinajstić information content (AvgIpc) is 2.79. The summed E-state index contributed by atoms with van der Waals surface area (Å²) in [6.45, 7) is 0.908. The molecule has 0 aliphatic carbocycles. The fourth-order valence-corrected chi connectivity index (χ4v) is 3.53. The molecule has 0 bridgehead atoms. The van der Waals surface area contributed by atoms with Gasteiger partial charge in [-0.2, -0.15) is 9.15 Å². The highest BCUT2D eigenvalue weighted by Crippen LogP contribution is 2.21. The number of carbonyl (C=O) groups excluding carboxylic acids is 2. The van der Waals surface area contributed by atoms with E-state index in [9.17, 15) is 19.8 Å². The van der Waals surface area contributed by atoms with E-state index < -0.39 is 12.2 Å². The van der Waals surface area contributed by atoms with Crippen LogP contribution in [-0.2, 0) is 0 Å². The topological polar surface area (TPSA) is 80.6 Å². The molecule has 0 saturated heterocycles. The molecule has 2 aromatic carbocycles. The lowest BCUT2D eigenvalue weighted by molar-refractivity contribution is -0.515. The highest BCUT2D eigenvalue weighted by atomic mass is 16.3. The van der Waals surface area contributed by atoms with E-state index in [2.05, 4.69) is 23.2 Å². The number of β-amino-alcohol motifs (C(OH)–C–C–N with tert-alkyl or cyclic N) is 2. The molecule has 6 nitrogen and oxygen atoms in total. The Morgan fingerprint density at radius 3 is 1.44 bits per heavy atom. The maximum atomic E-state index is 12.5. The van der Waals surface area contributed by atoms with Gasteiger partial charge in [0, 0.05) is 23.3 Å². The summed E-state index contributed by atoms with van der Waals surface area (Å²) >= 11 is 0. The van der Waals surface area contributed by atoms with Gasteiger partial charge < -0.3 is 10.2 Å². The zero-order valence-electron chi connectivity index (χ0n) is 17.4. The van der Waals surface area contributed by atoms with Crippen LogP contribution in [0.4, 0.5) is 0 Å². The monoisotopic (exact) mass is 426 g/mol. The minimum Gasteiger partial charge on any atom is -0.382 e. The van der Waals surface area contributed by atoms with Crippen LogP contribution in [0.5, 0.6) is 0 Å². The Morgan fingerprint density at radius 1 is 0.719 bits per heavy atom. The third kappa shape index (κ3) is 5.25. The van der Waals surface area contributed by atoms with E-state index in [1.54, 1.807) is 33.4 Å². The van der Waals surface area contributed by atoms with Crippen LogP contribution in [0.25, 0.3) is 11.1 Å².